The van der Waals surface area contributed by atoms with Gasteiger partial charge in [-0.05, 0) is 32.8 Å². The zero-order chi connectivity index (χ0) is 19.6. The Kier molecular flexibility index (Phi) is 5.43. The number of amides is 2. The highest BCUT2D eigenvalue weighted by Crippen LogP contribution is 2.23. The molecule has 0 radical (unpaired) electrons. The van der Waals surface area contributed by atoms with Gasteiger partial charge in [-0.3, -0.25) is 9.59 Å². The molecule has 2 atom stereocenters. The van der Waals surface area contributed by atoms with Crippen LogP contribution in [0.2, 0.25) is 0 Å². The van der Waals surface area contributed by atoms with Gasteiger partial charge in [-0.1, -0.05) is 6.58 Å². The van der Waals surface area contributed by atoms with Crippen LogP contribution in [0, 0.1) is 0 Å². The molecule has 0 spiro atoms. The molecule has 1 aliphatic heterocycles. The van der Waals surface area contributed by atoms with E-state index in [0.717, 1.165) is 12.8 Å². The van der Waals surface area contributed by atoms with E-state index in [1.807, 2.05) is 25.8 Å². The third-order valence-electron chi connectivity index (χ3n) is 4.93. The Morgan fingerprint density at radius 2 is 2.22 bits per heavy atom. The number of rotatable bonds is 5. The number of fused-ring (bicyclic) bond motifs is 1. The zero-order valence-electron chi connectivity index (χ0n) is 16.0. The van der Waals surface area contributed by atoms with E-state index in [1.165, 1.54) is 6.08 Å². The third kappa shape index (κ3) is 3.79. The van der Waals surface area contributed by atoms with Crippen LogP contribution in [-0.2, 0) is 11.8 Å². The number of nitrogens with one attached hydrogen (secondary N) is 2. The normalized spacial score (nSPS) is 19.7. The molecule has 8 heteroatoms. The number of nitrogens with zero attached hydrogens (tertiary/aromatic N) is 4. The van der Waals surface area contributed by atoms with Crippen LogP contribution >= 0.6 is 0 Å². The van der Waals surface area contributed by atoms with Crippen LogP contribution in [0.15, 0.2) is 25.0 Å². The van der Waals surface area contributed by atoms with Gasteiger partial charge in [0, 0.05) is 38.4 Å². The van der Waals surface area contributed by atoms with Gasteiger partial charge in [0.2, 0.25) is 5.91 Å². The largest absolute Gasteiger partial charge is 0.366 e. The minimum atomic E-state index is -0.153. The van der Waals surface area contributed by atoms with Gasteiger partial charge in [-0.15, -0.1) is 0 Å². The van der Waals surface area contributed by atoms with Crippen molar-refractivity contribution < 1.29 is 9.59 Å². The van der Waals surface area contributed by atoms with Crippen LogP contribution in [0.4, 0.5) is 5.82 Å². The van der Waals surface area contributed by atoms with Gasteiger partial charge in [0.05, 0.1) is 11.8 Å². The van der Waals surface area contributed by atoms with Crippen molar-refractivity contribution >= 4 is 28.8 Å². The highest BCUT2D eigenvalue weighted by atomic mass is 16.2. The van der Waals surface area contributed by atoms with Crippen molar-refractivity contribution in [3.8, 4) is 0 Å². The molecule has 2 N–H and O–H groups in total. The second-order valence-corrected chi connectivity index (χ2v) is 6.89. The van der Waals surface area contributed by atoms with Gasteiger partial charge in [0.25, 0.3) is 5.91 Å². The molecule has 0 saturated carbocycles. The molecule has 27 heavy (non-hydrogen) atoms. The van der Waals surface area contributed by atoms with Crippen molar-refractivity contribution in [3.05, 3.63) is 30.6 Å². The van der Waals surface area contributed by atoms with Gasteiger partial charge in [-0.2, -0.15) is 0 Å². The van der Waals surface area contributed by atoms with Crippen LogP contribution in [0.25, 0.3) is 11.2 Å². The predicted molar refractivity (Wildman–Crippen MR) is 105 cm³/mol. The van der Waals surface area contributed by atoms with E-state index in [-0.39, 0.29) is 23.9 Å². The van der Waals surface area contributed by atoms with E-state index in [2.05, 4.69) is 27.2 Å². The standard InChI is InChI=1S/C19H26N6O2/c1-5-16(26)25-8-7-13(9-12(25)3)22-15-10-21-18-17(23-15)14(11-24(18)4)19(27)20-6-2/h5,10-13H,1,6-9H2,2-4H3,(H,20,27)(H,22,23)/t12-,13-/m0/s1. The summed E-state index contributed by atoms with van der Waals surface area (Å²) in [7, 11) is 1.85. The van der Waals surface area contributed by atoms with E-state index < -0.39 is 0 Å². The van der Waals surface area contributed by atoms with Gasteiger partial charge < -0.3 is 20.1 Å². The number of hydrogen-bond acceptors (Lipinski definition) is 5. The lowest BCUT2D eigenvalue weighted by molar-refractivity contribution is -0.129. The third-order valence-corrected chi connectivity index (χ3v) is 4.93. The average Bonchev–Trinajstić information content (AvgIpc) is 2.98. The number of carbonyl (C=O) groups excluding carboxylic acids is 2. The number of hydrogen-bond donors (Lipinski definition) is 2. The van der Waals surface area contributed by atoms with E-state index >= 15 is 0 Å². The molecule has 3 heterocycles. The molecule has 1 saturated heterocycles. The molecular formula is C19H26N6O2. The lowest BCUT2D eigenvalue weighted by Gasteiger charge is -2.37. The Morgan fingerprint density at radius 1 is 1.44 bits per heavy atom. The number of aryl methyl sites for hydroxylation is 1. The highest BCUT2D eigenvalue weighted by molar-refractivity contribution is 6.04. The summed E-state index contributed by atoms with van der Waals surface area (Å²) in [6, 6.07) is 0.318. The zero-order valence-corrected chi connectivity index (χ0v) is 16.0. The predicted octanol–water partition coefficient (Wildman–Crippen LogP) is 1.70. The van der Waals surface area contributed by atoms with Crippen molar-refractivity contribution in [1.29, 1.82) is 0 Å². The van der Waals surface area contributed by atoms with Crippen molar-refractivity contribution in [1.82, 2.24) is 24.8 Å². The van der Waals surface area contributed by atoms with E-state index in [0.29, 0.717) is 35.6 Å². The fourth-order valence-electron chi connectivity index (χ4n) is 3.59. The van der Waals surface area contributed by atoms with Crippen LogP contribution in [0.1, 0.15) is 37.0 Å². The molecule has 0 aromatic carbocycles. The van der Waals surface area contributed by atoms with Crippen LogP contribution < -0.4 is 10.6 Å². The second kappa shape index (κ2) is 7.77. The van der Waals surface area contributed by atoms with Crippen molar-refractivity contribution in [2.75, 3.05) is 18.4 Å². The quantitative estimate of drug-likeness (QED) is 0.782. The Bertz CT molecular complexity index is 874. The molecular weight excluding hydrogens is 344 g/mol. The first kappa shape index (κ1) is 18.9. The Morgan fingerprint density at radius 3 is 2.89 bits per heavy atom. The molecule has 2 amide bonds. The lowest BCUT2D eigenvalue weighted by atomic mass is 9.98. The number of likely N-dealkylation sites (tertiary alicyclic amines) is 1. The summed E-state index contributed by atoms with van der Waals surface area (Å²) in [6.07, 6.45) is 6.44. The fourth-order valence-corrected chi connectivity index (χ4v) is 3.59. The van der Waals surface area contributed by atoms with Gasteiger partial charge in [-0.25, -0.2) is 9.97 Å². The van der Waals surface area contributed by atoms with Crippen LogP contribution in [0.5, 0.6) is 0 Å². The monoisotopic (exact) mass is 370 g/mol. The summed E-state index contributed by atoms with van der Waals surface area (Å²) in [5, 5.41) is 6.22. The molecule has 0 unspecified atom stereocenters. The van der Waals surface area contributed by atoms with Crippen molar-refractivity contribution in [3.63, 3.8) is 0 Å². The van der Waals surface area contributed by atoms with Gasteiger partial charge in [0.1, 0.15) is 11.3 Å². The number of piperidine rings is 1. The average molecular weight is 370 g/mol. The van der Waals surface area contributed by atoms with Crippen LogP contribution in [-0.4, -0.2) is 56.4 Å². The van der Waals surface area contributed by atoms with E-state index in [4.69, 9.17) is 0 Å². The van der Waals surface area contributed by atoms with Gasteiger partial charge in [0.15, 0.2) is 5.65 Å². The van der Waals surface area contributed by atoms with E-state index in [1.54, 1.807) is 17.0 Å². The van der Waals surface area contributed by atoms with Crippen molar-refractivity contribution in [2.45, 2.75) is 38.8 Å². The molecule has 2 aromatic heterocycles. The lowest BCUT2D eigenvalue weighted by Crippen LogP contribution is -2.47. The SMILES string of the molecule is C=CC(=O)N1CC[C@H](Nc2cnc3c(n2)c(C(=O)NCC)cn3C)C[C@@H]1C. The summed E-state index contributed by atoms with van der Waals surface area (Å²) >= 11 is 0. The molecule has 0 aliphatic carbocycles. The molecule has 144 valence electrons. The maximum Gasteiger partial charge on any atom is 0.255 e. The summed E-state index contributed by atoms with van der Waals surface area (Å²) in [6.45, 7) is 8.71. The highest BCUT2D eigenvalue weighted by Gasteiger charge is 2.28. The molecule has 0 bridgehead atoms. The summed E-state index contributed by atoms with van der Waals surface area (Å²) in [5.41, 5.74) is 1.77. The summed E-state index contributed by atoms with van der Waals surface area (Å²) in [5.74, 6) is 0.456. The molecule has 1 aliphatic rings. The van der Waals surface area contributed by atoms with Crippen LogP contribution in [0.3, 0.4) is 0 Å². The maximum absolute atomic E-state index is 12.3. The van der Waals surface area contributed by atoms with Gasteiger partial charge >= 0.3 is 0 Å². The Labute approximate surface area is 158 Å². The second-order valence-electron chi connectivity index (χ2n) is 6.89. The van der Waals surface area contributed by atoms with E-state index in [9.17, 15) is 9.59 Å². The molecule has 2 aromatic rings. The Hall–Kier alpha value is -2.90. The first-order valence-corrected chi connectivity index (χ1v) is 9.24. The number of carbonyl (C=O) groups is 2. The minimum absolute atomic E-state index is 0.0296. The topological polar surface area (TPSA) is 92.2 Å². The smallest absolute Gasteiger partial charge is 0.255 e. The first-order valence-electron chi connectivity index (χ1n) is 9.24. The number of anilines is 1. The maximum atomic E-state index is 12.3. The molecule has 3 rings (SSSR count). The summed E-state index contributed by atoms with van der Waals surface area (Å²) < 4.78 is 1.80. The Balaban J connectivity index is 1.78. The fraction of sp³-hybridized carbons (Fsp3) is 0.474. The first-order chi connectivity index (χ1) is 12.9. The molecule has 1 fully saturated rings. The minimum Gasteiger partial charge on any atom is -0.366 e. The number of aromatic nitrogens is 3. The molecule has 8 nitrogen and oxygen atoms in total. The van der Waals surface area contributed by atoms with Crippen molar-refractivity contribution in [2.24, 2.45) is 7.05 Å². The summed E-state index contributed by atoms with van der Waals surface area (Å²) in [4.78, 5) is 35.1.